The van der Waals surface area contributed by atoms with Crippen molar-refractivity contribution in [2.24, 2.45) is 23.7 Å². The van der Waals surface area contributed by atoms with Gasteiger partial charge in [-0.2, -0.15) is 0 Å². The SMILES string of the molecule is CCC(C)CCCCCCCCC(=O)OC[C@H](COP(=O)(O)OCC(O)COP(=O)(O)OC[C@@H](COC(=O)CCCCCCCCC(C)CC)OC(=O)CCCCCCCCCCCCCCCC(C)C)OC(=O)CCCCCCCCCCCCCCCC(C)C. The van der Waals surface area contributed by atoms with Crippen molar-refractivity contribution in [3.05, 3.63) is 0 Å². The molecule has 0 aromatic rings. The second kappa shape index (κ2) is 62.6. The number of carbonyl (C=O) groups excluding carboxylic acids is 4. The van der Waals surface area contributed by atoms with Crippen molar-refractivity contribution in [1.29, 1.82) is 0 Å². The second-order valence-corrected chi connectivity index (χ2v) is 30.7. The van der Waals surface area contributed by atoms with Crippen molar-refractivity contribution >= 4 is 39.5 Å². The van der Waals surface area contributed by atoms with Crippen molar-refractivity contribution in [2.45, 2.75) is 382 Å². The van der Waals surface area contributed by atoms with E-state index < -0.39 is 97.5 Å². The fraction of sp³-hybridized carbons (Fsp3) is 0.945. The zero-order valence-corrected chi connectivity index (χ0v) is 62.0. The van der Waals surface area contributed by atoms with Crippen LogP contribution in [0.15, 0.2) is 0 Å². The molecule has 0 spiro atoms. The van der Waals surface area contributed by atoms with Gasteiger partial charge >= 0.3 is 39.5 Å². The van der Waals surface area contributed by atoms with Gasteiger partial charge in [-0.3, -0.25) is 37.3 Å². The highest BCUT2D eigenvalue weighted by Crippen LogP contribution is 2.45. The lowest BCUT2D eigenvalue weighted by Crippen LogP contribution is -2.30. The number of esters is 4. The molecule has 0 saturated carbocycles. The van der Waals surface area contributed by atoms with Gasteiger partial charge in [0.05, 0.1) is 26.4 Å². The summed E-state index contributed by atoms with van der Waals surface area (Å²) in [6.45, 7) is 14.1. The highest BCUT2D eigenvalue weighted by Gasteiger charge is 2.30. The van der Waals surface area contributed by atoms with Gasteiger partial charge in [-0.1, -0.05) is 312 Å². The van der Waals surface area contributed by atoms with Crippen LogP contribution in [0.25, 0.3) is 0 Å². The number of hydrogen-bond donors (Lipinski definition) is 3. The number of ether oxygens (including phenoxy) is 4. The van der Waals surface area contributed by atoms with Crippen LogP contribution in [0.2, 0.25) is 0 Å². The zero-order valence-electron chi connectivity index (χ0n) is 60.2. The van der Waals surface area contributed by atoms with Crippen molar-refractivity contribution in [3.63, 3.8) is 0 Å². The van der Waals surface area contributed by atoms with Gasteiger partial charge in [0, 0.05) is 25.7 Å². The second-order valence-electron chi connectivity index (χ2n) is 27.8. The maximum atomic E-state index is 13.0. The summed E-state index contributed by atoms with van der Waals surface area (Å²) in [6.07, 6.45) is 45.8. The average Bonchev–Trinajstić information content (AvgIpc) is 2.66. The van der Waals surface area contributed by atoms with Crippen LogP contribution >= 0.6 is 15.6 Å². The Bertz CT molecular complexity index is 1690. The van der Waals surface area contributed by atoms with E-state index in [1.54, 1.807) is 0 Å². The lowest BCUT2D eigenvalue weighted by Gasteiger charge is -2.21. The van der Waals surface area contributed by atoms with E-state index in [1.165, 1.54) is 154 Å². The van der Waals surface area contributed by atoms with Gasteiger partial charge < -0.3 is 33.8 Å². The first-order valence-electron chi connectivity index (χ1n) is 37.8. The van der Waals surface area contributed by atoms with E-state index in [1.807, 2.05) is 0 Å². The molecule has 19 heteroatoms. The first-order valence-corrected chi connectivity index (χ1v) is 40.8. The molecule has 6 atom stereocenters. The minimum Gasteiger partial charge on any atom is -0.462 e. The summed E-state index contributed by atoms with van der Waals surface area (Å²) in [4.78, 5) is 72.7. The molecule has 0 aromatic carbocycles. The Morgan fingerprint density at radius 3 is 0.772 bits per heavy atom. The van der Waals surface area contributed by atoms with Crippen LogP contribution in [-0.4, -0.2) is 96.7 Å². The fourth-order valence-corrected chi connectivity index (χ4v) is 12.5. The number of unbranched alkanes of at least 4 members (excludes halogenated alkanes) is 34. The Morgan fingerprint density at radius 1 is 0.304 bits per heavy atom. The predicted octanol–water partition coefficient (Wildman–Crippen LogP) is 20.9. The topological polar surface area (TPSA) is 237 Å². The summed E-state index contributed by atoms with van der Waals surface area (Å²) in [7, 11) is -9.91. The zero-order chi connectivity index (χ0) is 68.2. The average molecular weight is 1350 g/mol. The van der Waals surface area contributed by atoms with Crippen LogP contribution in [0.1, 0.15) is 364 Å². The molecule has 0 bridgehead atoms. The number of aliphatic hydroxyl groups excluding tert-OH is 1. The summed E-state index contributed by atoms with van der Waals surface area (Å²) < 4.78 is 68.4. The standard InChI is InChI=1S/C73H142O17P2/c1-9-65(7)51-43-35-29-31-37-45-53-70(75)83-59-68(89-72(77)55-47-39-27-23-19-15-11-13-17-21-25-33-41-49-63(3)4)61-87-91(79,80)85-57-67(74)58-86-92(81,82)88-62-69(60-84-71(76)54-46-38-32-30-36-44-52-66(8)10-2)90-73(78)56-48-40-28-24-20-16-12-14-18-22-26-34-42-50-64(5)6/h63-69,74H,9-62H2,1-8H3,(H,79,80)(H,81,82)/t65?,66?,67?,68-,69-/m1/s1. The lowest BCUT2D eigenvalue weighted by atomic mass is 10.00. The molecule has 546 valence electrons. The van der Waals surface area contributed by atoms with Crippen molar-refractivity contribution in [1.82, 2.24) is 0 Å². The van der Waals surface area contributed by atoms with E-state index in [2.05, 4.69) is 55.4 Å². The molecule has 92 heavy (non-hydrogen) atoms. The quantitative estimate of drug-likeness (QED) is 0.0222. The van der Waals surface area contributed by atoms with Crippen LogP contribution in [0, 0.1) is 23.7 Å². The maximum Gasteiger partial charge on any atom is 0.472 e. The third kappa shape index (κ3) is 64.1. The lowest BCUT2D eigenvalue weighted by molar-refractivity contribution is -0.161. The Kier molecular flexibility index (Phi) is 61.3. The van der Waals surface area contributed by atoms with E-state index in [9.17, 15) is 43.2 Å². The highest BCUT2D eigenvalue weighted by molar-refractivity contribution is 7.47. The number of phosphoric acid groups is 2. The van der Waals surface area contributed by atoms with Crippen LogP contribution in [0.4, 0.5) is 0 Å². The number of aliphatic hydroxyl groups is 1. The van der Waals surface area contributed by atoms with Gasteiger partial charge in [-0.25, -0.2) is 9.13 Å². The Morgan fingerprint density at radius 2 is 0.522 bits per heavy atom. The molecule has 0 aliphatic heterocycles. The molecule has 0 aliphatic carbocycles. The Balaban J connectivity index is 5.24. The largest absolute Gasteiger partial charge is 0.472 e. The molecule has 3 N–H and O–H groups in total. The van der Waals surface area contributed by atoms with Gasteiger partial charge in [0.2, 0.25) is 0 Å². The van der Waals surface area contributed by atoms with Crippen LogP contribution in [-0.2, 0) is 65.4 Å². The van der Waals surface area contributed by atoms with Gasteiger partial charge in [0.1, 0.15) is 19.3 Å². The Hall–Kier alpha value is -1.94. The molecule has 0 aliphatic rings. The predicted molar refractivity (Wildman–Crippen MR) is 372 cm³/mol. The van der Waals surface area contributed by atoms with E-state index >= 15 is 0 Å². The van der Waals surface area contributed by atoms with Crippen molar-refractivity contribution in [2.75, 3.05) is 39.6 Å². The maximum absolute atomic E-state index is 13.0. The number of carbonyl (C=O) groups is 4. The summed E-state index contributed by atoms with van der Waals surface area (Å²) in [5, 5.41) is 10.6. The van der Waals surface area contributed by atoms with E-state index in [-0.39, 0.29) is 25.7 Å². The summed E-state index contributed by atoms with van der Waals surface area (Å²) in [5.41, 5.74) is 0. The molecule has 0 rings (SSSR count). The summed E-state index contributed by atoms with van der Waals surface area (Å²) >= 11 is 0. The molecular weight excluding hydrogens is 1210 g/mol. The van der Waals surface area contributed by atoms with E-state index in [0.717, 1.165) is 126 Å². The van der Waals surface area contributed by atoms with Crippen molar-refractivity contribution in [3.8, 4) is 0 Å². The van der Waals surface area contributed by atoms with Crippen molar-refractivity contribution < 1.29 is 80.2 Å². The molecule has 4 unspecified atom stereocenters. The first kappa shape index (κ1) is 90.1. The van der Waals surface area contributed by atoms with Gasteiger partial charge in [0.25, 0.3) is 0 Å². The molecule has 0 heterocycles. The number of rotatable bonds is 70. The molecular formula is C73H142O17P2. The third-order valence-corrected chi connectivity index (χ3v) is 19.4. The third-order valence-electron chi connectivity index (χ3n) is 17.5. The van der Waals surface area contributed by atoms with Gasteiger partial charge in [0.15, 0.2) is 12.2 Å². The normalized spacial score (nSPS) is 14.8. The molecule has 0 fully saturated rings. The van der Waals surface area contributed by atoms with Gasteiger partial charge in [-0.05, 0) is 49.4 Å². The molecule has 0 radical (unpaired) electrons. The molecule has 0 saturated heterocycles. The minimum absolute atomic E-state index is 0.106. The minimum atomic E-state index is -4.95. The summed E-state index contributed by atoms with van der Waals surface area (Å²) in [5.74, 6) is 0.908. The molecule has 0 aromatic heterocycles. The number of hydrogen-bond acceptors (Lipinski definition) is 15. The number of phosphoric ester groups is 2. The molecule has 0 amide bonds. The van der Waals surface area contributed by atoms with Crippen LogP contribution in [0.3, 0.4) is 0 Å². The van der Waals surface area contributed by atoms with Gasteiger partial charge in [-0.15, -0.1) is 0 Å². The summed E-state index contributed by atoms with van der Waals surface area (Å²) in [6, 6.07) is 0. The smallest absolute Gasteiger partial charge is 0.462 e. The van der Waals surface area contributed by atoms with Crippen LogP contribution < -0.4 is 0 Å². The monoisotopic (exact) mass is 1350 g/mol. The van der Waals surface area contributed by atoms with E-state index in [4.69, 9.17) is 37.0 Å². The Labute approximate surface area is 562 Å². The fourth-order valence-electron chi connectivity index (χ4n) is 11.0. The highest BCUT2D eigenvalue weighted by atomic mass is 31.2. The molecule has 17 nitrogen and oxygen atoms in total. The first-order chi connectivity index (χ1) is 44.2. The van der Waals surface area contributed by atoms with Crippen LogP contribution in [0.5, 0.6) is 0 Å². The van der Waals surface area contributed by atoms with E-state index in [0.29, 0.717) is 25.7 Å².